The normalized spacial score (nSPS) is 12.3. The third kappa shape index (κ3) is 4.41. The topological polar surface area (TPSA) is 116 Å². The highest BCUT2D eigenvalue weighted by Crippen LogP contribution is 2.33. The summed E-state index contributed by atoms with van der Waals surface area (Å²) >= 11 is 2.64. The molecule has 2 rings (SSSR count). The maximum atomic E-state index is 12.0. The van der Waals surface area contributed by atoms with Crippen molar-refractivity contribution < 1.29 is 9.32 Å². The predicted octanol–water partition coefficient (Wildman–Crippen LogP) is 1.50. The van der Waals surface area contributed by atoms with Gasteiger partial charge in [0.05, 0.1) is 11.0 Å². The summed E-state index contributed by atoms with van der Waals surface area (Å²) in [5, 5.41) is 12.8. The summed E-state index contributed by atoms with van der Waals surface area (Å²) in [4.78, 5) is 18.0. The van der Waals surface area contributed by atoms with E-state index in [0.29, 0.717) is 35.1 Å². The zero-order valence-corrected chi connectivity index (χ0v) is 15.7. The van der Waals surface area contributed by atoms with Crippen molar-refractivity contribution >= 4 is 29.4 Å². The van der Waals surface area contributed by atoms with Crippen LogP contribution in [0.3, 0.4) is 0 Å². The Labute approximate surface area is 148 Å². The van der Waals surface area contributed by atoms with Gasteiger partial charge >= 0.3 is 0 Å². The molecule has 1 atom stereocenters. The minimum absolute atomic E-state index is 0.0527. The summed E-state index contributed by atoms with van der Waals surface area (Å²) in [7, 11) is 0. The molecular weight excluding hydrogens is 350 g/mol. The molecule has 0 aromatic carbocycles. The molecule has 0 bridgehead atoms. The van der Waals surface area contributed by atoms with E-state index in [1.807, 2.05) is 20.8 Å². The van der Waals surface area contributed by atoms with Gasteiger partial charge in [0.1, 0.15) is 0 Å². The van der Waals surface area contributed by atoms with E-state index >= 15 is 0 Å². The third-order valence-electron chi connectivity index (χ3n) is 3.25. The number of hydrogen-bond acceptors (Lipinski definition) is 9. The van der Waals surface area contributed by atoms with Gasteiger partial charge in [-0.3, -0.25) is 4.79 Å². The number of carbonyl (C=O) groups excluding carboxylic acids is 1. The highest BCUT2D eigenvalue weighted by molar-refractivity contribution is 8.00. The lowest BCUT2D eigenvalue weighted by molar-refractivity contribution is -0.127. The molecule has 1 unspecified atom stereocenters. The van der Waals surface area contributed by atoms with Crippen LogP contribution in [0.2, 0.25) is 0 Å². The maximum Gasteiger partial charge on any atom is 0.239 e. The van der Waals surface area contributed by atoms with Gasteiger partial charge in [-0.25, -0.2) is 4.68 Å². The number of amides is 1. The lowest BCUT2D eigenvalue weighted by Gasteiger charge is -2.17. The van der Waals surface area contributed by atoms with E-state index in [-0.39, 0.29) is 16.9 Å². The molecule has 9 nitrogen and oxygen atoms in total. The van der Waals surface area contributed by atoms with Gasteiger partial charge in [-0.15, -0.1) is 10.2 Å². The van der Waals surface area contributed by atoms with Gasteiger partial charge in [0.2, 0.25) is 22.1 Å². The number of aromatic nitrogens is 5. The van der Waals surface area contributed by atoms with Crippen LogP contribution in [0.15, 0.2) is 14.8 Å². The Morgan fingerprint density at radius 2 is 2.00 bits per heavy atom. The van der Waals surface area contributed by atoms with Crippen LogP contribution in [-0.4, -0.2) is 54.7 Å². The van der Waals surface area contributed by atoms with Crippen molar-refractivity contribution in [3.63, 3.8) is 0 Å². The van der Waals surface area contributed by atoms with Crippen LogP contribution in [0.5, 0.6) is 0 Å². The zero-order chi connectivity index (χ0) is 17.7. The van der Waals surface area contributed by atoms with E-state index in [4.69, 9.17) is 10.4 Å². The number of aryl methyl sites for hydroxylation is 1. The van der Waals surface area contributed by atoms with Crippen LogP contribution in [0.25, 0.3) is 0 Å². The highest BCUT2D eigenvalue weighted by Gasteiger charge is 2.20. The van der Waals surface area contributed by atoms with E-state index in [9.17, 15) is 4.79 Å². The first-order chi connectivity index (χ1) is 11.5. The van der Waals surface area contributed by atoms with Gasteiger partial charge in [0.25, 0.3) is 0 Å². The second-order valence-corrected chi connectivity index (χ2v) is 7.18. The number of hydrogen-bond donors (Lipinski definition) is 1. The summed E-state index contributed by atoms with van der Waals surface area (Å²) in [6.07, 6.45) is 0. The van der Waals surface area contributed by atoms with Crippen LogP contribution < -0.4 is 5.84 Å². The average molecular weight is 371 g/mol. The molecule has 2 N–H and O–H groups in total. The van der Waals surface area contributed by atoms with Crippen molar-refractivity contribution in [3.05, 3.63) is 11.7 Å². The second kappa shape index (κ2) is 8.38. The van der Waals surface area contributed by atoms with E-state index in [1.54, 1.807) is 11.8 Å². The molecule has 24 heavy (non-hydrogen) atoms. The Morgan fingerprint density at radius 3 is 2.58 bits per heavy atom. The largest absolute Gasteiger partial charge is 0.343 e. The van der Waals surface area contributed by atoms with Gasteiger partial charge < -0.3 is 15.3 Å². The molecule has 0 aliphatic heterocycles. The highest BCUT2D eigenvalue weighted by atomic mass is 32.2. The zero-order valence-electron chi connectivity index (χ0n) is 14.1. The monoisotopic (exact) mass is 371 g/mol. The molecule has 0 aliphatic carbocycles. The van der Waals surface area contributed by atoms with Gasteiger partial charge in [-0.05, 0) is 27.7 Å². The minimum atomic E-state index is -0.104. The molecule has 11 heteroatoms. The SMILES string of the molecule is CCN(CC)C(=O)CSc1nnc(SC(C)c2nc(C)no2)n1N. The van der Waals surface area contributed by atoms with E-state index in [2.05, 4.69) is 20.3 Å². The molecule has 1 amide bonds. The molecule has 2 heterocycles. The average Bonchev–Trinajstić information content (AvgIpc) is 3.14. The summed E-state index contributed by atoms with van der Waals surface area (Å²) in [5.41, 5.74) is 0. The second-order valence-electron chi connectivity index (χ2n) is 4.93. The van der Waals surface area contributed by atoms with E-state index < -0.39 is 0 Å². The van der Waals surface area contributed by atoms with Crippen molar-refractivity contribution in [1.82, 2.24) is 29.9 Å². The molecule has 0 radical (unpaired) electrons. The molecular formula is C13H21N7O2S2. The fourth-order valence-electron chi connectivity index (χ4n) is 1.92. The Bertz CT molecular complexity index is 684. The molecule has 0 spiro atoms. The molecule has 0 aliphatic rings. The van der Waals surface area contributed by atoms with Crippen LogP contribution >= 0.6 is 23.5 Å². The van der Waals surface area contributed by atoms with Gasteiger partial charge in [-0.1, -0.05) is 28.7 Å². The first kappa shape index (κ1) is 18.6. The minimum Gasteiger partial charge on any atom is -0.343 e. The van der Waals surface area contributed by atoms with Crippen LogP contribution in [0.4, 0.5) is 0 Å². The first-order valence-corrected chi connectivity index (χ1v) is 9.40. The van der Waals surface area contributed by atoms with Crippen molar-refractivity contribution in [2.75, 3.05) is 24.7 Å². The Balaban J connectivity index is 1.97. The summed E-state index contributed by atoms with van der Waals surface area (Å²) in [6.45, 7) is 8.96. The summed E-state index contributed by atoms with van der Waals surface area (Å²) in [5.74, 6) is 7.44. The predicted molar refractivity (Wildman–Crippen MR) is 92.1 cm³/mol. The number of nitrogens with zero attached hydrogens (tertiary/aromatic N) is 6. The van der Waals surface area contributed by atoms with Crippen LogP contribution in [-0.2, 0) is 4.79 Å². The summed E-state index contributed by atoms with van der Waals surface area (Å²) in [6, 6.07) is 0. The lowest BCUT2D eigenvalue weighted by Crippen LogP contribution is -2.32. The number of thioether (sulfide) groups is 2. The van der Waals surface area contributed by atoms with Crippen molar-refractivity contribution in [1.29, 1.82) is 0 Å². The Hall–Kier alpha value is -1.75. The Kier molecular flexibility index (Phi) is 6.49. The van der Waals surface area contributed by atoms with Gasteiger partial charge in [0.15, 0.2) is 5.82 Å². The van der Waals surface area contributed by atoms with E-state index in [0.717, 1.165) is 0 Å². The Morgan fingerprint density at radius 1 is 1.33 bits per heavy atom. The number of rotatable bonds is 8. The fraction of sp³-hybridized carbons (Fsp3) is 0.615. The van der Waals surface area contributed by atoms with Gasteiger partial charge in [-0.2, -0.15) is 4.98 Å². The quantitative estimate of drug-likeness (QED) is 0.544. The van der Waals surface area contributed by atoms with Gasteiger partial charge in [0, 0.05) is 13.1 Å². The fourth-order valence-corrected chi connectivity index (χ4v) is 3.54. The number of nitrogens with two attached hydrogens (primary N) is 1. The smallest absolute Gasteiger partial charge is 0.239 e. The molecule has 0 saturated carbocycles. The third-order valence-corrected chi connectivity index (χ3v) is 5.22. The van der Waals surface area contributed by atoms with Crippen molar-refractivity contribution in [3.8, 4) is 0 Å². The summed E-state index contributed by atoms with van der Waals surface area (Å²) < 4.78 is 6.52. The number of carbonyl (C=O) groups is 1. The number of nitrogen functional groups attached to an aromatic ring is 1. The molecule has 2 aromatic rings. The molecule has 2 aromatic heterocycles. The molecule has 0 fully saturated rings. The van der Waals surface area contributed by atoms with Crippen LogP contribution in [0, 0.1) is 6.92 Å². The molecule has 132 valence electrons. The van der Waals surface area contributed by atoms with E-state index in [1.165, 1.54) is 28.2 Å². The standard InChI is InChI=1S/C13H21N7O2S2/c1-5-19(6-2)10(21)7-23-12-16-17-13(20(12)14)24-8(3)11-15-9(4)18-22-11/h8H,5-7,14H2,1-4H3. The van der Waals surface area contributed by atoms with Crippen molar-refractivity contribution in [2.45, 2.75) is 43.3 Å². The van der Waals surface area contributed by atoms with Crippen LogP contribution in [0.1, 0.15) is 37.7 Å². The first-order valence-electron chi connectivity index (χ1n) is 7.54. The van der Waals surface area contributed by atoms with Crippen molar-refractivity contribution in [2.24, 2.45) is 0 Å². The maximum absolute atomic E-state index is 12.0. The lowest BCUT2D eigenvalue weighted by atomic mass is 10.5. The molecule has 0 saturated heterocycles.